The predicted octanol–water partition coefficient (Wildman–Crippen LogP) is 3.48. The van der Waals surface area contributed by atoms with Gasteiger partial charge in [-0.15, -0.1) is 0 Å². The number of carbonyl (C=O) groups is 1. The normalized spacial score (nSPS) is 11.1. The van der Waals surface area contributed by atoms with Gasteiger partial charge in [0.05, 0.1) is 6.04 Å². The van der Waals surface area contributed by atoms with Gasteiger partial charge >= 0.3 is 6.03 Å². The molecular formula is C22H22N2O4S. The average Bonchev–Trinajstić information content (AvgIpc) is 2.73. The Morgan fingerprint density at radius 2 is 1.28 bits per heavy atom. The van der Waals surface area contributed by atoms with Crippen molar-refractivity contribution in [2.45, 2.75) is 6.04 Å². The van der Waals surface area contributed by atoms with Gasteiger partial charge in [0.15, 0.2) is 0 Å². The summed E-state index contributed by atoms with van der Waals surface area (Å²) in [6.07, 6.45) is 0. The smallest absolute Gasteiger partial charge is 0.329 e. The van der Waals surface area contributed by atoms with E-state index in [0.717, 1.165) is 11.1 Å². The van der Waals surface area contributed by atoms with Crippen molar-refractivity contribution in [3.63, 3.8) is 0 Å². The molecule has 0 fully saturated rings. The van der Waals surface area contributed by atoms with Gasteiger partial charge in [0.25, 0.3) is 0 Å². The third-order valence-electron chi connectivity index (χ3n) is 4.15. The van der Waals surface area contributed by atoms with Crippen LogP contribution in [0, 0.1) is 0 Å². The fraction of sp³-hybridized carbons (Fsp3) is 0.136. The summed E-state index contributed by atoms with van der Waals surface area (Å²) >= 11 is 0. The number of urea groups is 1. The van der Waals surface area contributed by atoms with E-state index >= 15 is 0 Å². The number of sulfonamides is 1. The quantitative estimate of drug-likeness (QED) is 0.595. The Bertz CT molecular complexity index is 971. The number of benzene rings is 3. The van der Waals surface area contributed by atoms with E-state index in [-0.39, 0.29) is 12.4 Å². The SMILES string of the molecule is O=C(NC(c1ccccc1)c1ccccc1)NS(=O)(=O)CCOc1ccccc1. The summed E-state index contributed by atoms with van der Waals surface area (Å²) in [5.74, 6) is 0.233. The average molecular weight is 410 g/mol. The van der Waals surface area contributed by atoms with E-state index in [0.29, 0.717) is 5.75 Å². The van der Waals surface area contributed by atoms with Gasteiger partial charge in [-0.05, 0) is 23.3 Å². The summed E-state index contributed by atoms with van der Waals surface area (Å²) < 4.78 is 31.9. The van der Waals surface area contributed by atoms with Gasteiger partial charge in [-0.1, -0.05) is 78.9 Å². The zero-order valence-electron chi connectivity index (χ0n) is 15.7. The number of para-hydroxylation sites is 1. The molecule has 0 unspecified atom stereocenters. The molecule has 3 aromatic rings. The Morgan fingerprint density at radius 3 is 1.79 bits per heavy atom. The molecule has 7 heteroatoms. The van der Waals surface area contributed by atoms with Gasteiger partial charge in [0.2, 0.25) is 10.0 Å². The van der Waals surface area contributed by atoms with Crippen LogP contribution in [0.2, 0.25) is 0 Å². The molecule has 0 aliphatic carbocycles. The van der Waals surface area contributed by atoms with Crippen molar-refractivity contribution in [3.8, 4) is 5.75 Å². The van der Waals surface area contributed by atoms with Gasteiger partial charge in [0, 0.05) is 0 Å². The molecule has 6 nitrogen and oxygen atoms in total. The lowest BCUT2D eigenvalue weighted by Crippen LogP contribution is -2.43. The number of nitrogens with one attached hydrogen (secondary N) is 2. The minimum atomic E-state index is -3.85. The first-order valence-electron chi connectivity index (χ1n) is 9.12. The minimum Gasteiger partial charge on any atom is -0.492 e. The molecule has 0 heterocycles. The second-order valence-electron chi connectivity index (χ2n) is 6.31. The van der Waals surface area contributed by atoms with Gasteiger partial charge in [-0.3, -0.25) is 0 Å². The molecule has 0 saturated heterocycles. The maximum absolute atomic E-state index is 12.4. The maximum Gasteiger partial charge on any atom is 0.329 e. The van der Waals surface area contributed by atoms with Crippen LogP contribution in [0.25, 0.3) is 0 Å². The van der Waals surface area contributed by atoms with Crippen LogP contribution in [-0.2, 0) is 10.0 Å². The fourth-order valence-electron chi connectivity index (χ4n) is 2.79. The predicted molar refractivity (Wildman–Crippen MR) is 112 cm³/mol. The summed E-state index contributed by atoms with van der Waals surface area (Å²) in [6, 6.07) is 26.3. The fourth-order valence-corrected chi connectivity index (χ4v) is 3.54. The van der Waals surface area contributed by atoms with Crippen molar-refractivity contribution < 1.29 is 17.9 Å². The molecule has 29 heavy (non-hydrogen) atoms. The maximum atomic E-state index is 12.4. The van der Waals surface area contributed by atoms with Crippen LogP contribution in [0.5, 0.6) is 5.75 Å². The minimum absolute atomic E-state index is 0.0621. The van der Waals surface area contributed by atoms with E-state index in [2.05, 4.69) is 10.0 Å². The molecule has 0 saturated carbocycles. The zero-order valence-corrected chi connectivity index (χ0v) is 16.5. The van der Waals surface area contributed by atoms with Gasteiger partial charge in [-0.25, -0.2) is 17.9 Å². The highest BCUT2D eigenvalue weighted by Crippen LogP contribution is 2.21. The summed E-state index contributed by atoms with van der Waals surface area (Å²) in [5.41, 5.74) is 1.69. The monoisotopic (exact) mass is 410 g/mol. The van der Waals surface area contributed by atoms with E-state index in [4.69, 9.17) is 4.74 Å². The lowest BCUT2D eigenvalue weighted by atomic mass is 9.99. The summed E-state index contributed by atoms with van der Waals surface area (Å²) in [6.45, 7) is -0.0621. The number of hydrogen-bond donors (Lipinski definition) is 2. The molecule has 2 N–H and O–H groups in total. The Morgan fingerprint density at radius 1 is 0.793 bits per heavy atom. The van der Waals surface area contributed by atoms with Gasteiger partial charge in [-0.2, -0.15) is 0 Å². The molecule has 0 atom stereocenters. The van der Waals surface area contributed by atoms with Crippen molar-refractivity contribution in [2.24, 2.45) is 0 Å². The van der Waals surface area contributed by atoms with Crippen molar-refractivity contribution in [2.75, 3.05) is 12.4 Å². The van der Waals surface area contributed by atoms with E-state index in [1.54, 1.807) is 24.3 Å². The molecule has 0 aliphatic heterocycles. The van der Waals surface area contributed by atoms with Crippen molar-refractivity contribution >= 4 is 16.1 Å². The molecule has 3 aromatic carbocycles. The number of carbonyl (C=O) groups excluding carboxylic acids is 1. The van der Waals surface area contributed by atoms with Crippen molar-refractivity contribution in [1.29, 1.82) is 0 Å². The van der Waals surface area contributed by atoms with Crippen LogP contribution in [0.3, 0.4) is 0 Å². The van der Waals surface area contributed by atoms with Crippen molar-refractivity contribution in [3.05, 3.63) is 102 Å². The van der Waals surface area contributed by atoms with Gasteiger partial charge in [0.1, 0.15) is 18.1 Å². The molecule has 0 radical (unpaired) electrons. The second kappa shape index (κ2) is 9.75. The molecule has 0 spiro atoms. The highest BCUT2D eigenvalue weighted by molar-refractivity contribution is 7.90. The Kier molecular flexibility index (Phi) is 6.86. The standard InChI is InChI=1S/C22H22N2O4S/c25-22(24-29(26,27)17-16-28-20-14-8-3-9-15-20)23-21(18-10-4-1-5-11-18)19-12-6-2-7-13-19/h1-15,21H,16-17H2,(H2,23,24,25). The van der Waals surface area contributed by atoms with Crippen molar-refractivity contribution in [1.82, 2.24) is 10.0 Å². The Balaban J connectivity index is 1.62. The highest BCUT2D eigenvalue weighted by Gasteiger charge is 2.20. The van der Waals surface area contributed by atoms with Crippen LogP contribution < -0.4 is 14.8 Å². The van der Waals surface area contributed by atoms with Crippen LogP contribution in [0.4, 0.5) is 4.79 Å². The van der Waals surface area contributed by atoms with Crippen LogP contribution in [-0.4, -0.2) is 26.8 Å². The third kappa shape index (κ3) is 6.36. The molecular weight excluding hydrogens is 388 g/mol. The van der Waals surface area contributed by atoms with E-state index < -0.39 is 22.1 Å². The molecule has 3 rings (SSSR count). The lowest BCUT2D eigenvalue weighted by molar-refractivity contribution is 0.243. The largest absolute Gasteiger partial charge is 0.492 e. The third-order valence-corrected chi connectivity index (χ3v) is 5.35. The molecule has 150 valence electrons. The number of hydrogen-bond acceptors (Lipinski definition) is 4. The summed E-state index contributed by atoms with van der Waals surface area (Å²) in [4.78, 5) is 12.4. The van der Waals surface area contributed by atoms with E-state index in [1.807, 2.05) is 66.7 Å². The van der Waals surface area contributed by atoms with Gasteiger partial charge < -0.3 is 10.1 Å². The molecule has 0 bridgehead atoms. The first kappa shape index (κ1) is 20.4. The summed E-state index contributed by atoms with van der Waals surface area (Å²) in [7, 11) is -3.85. The van der Waals surface area contributed by atoms with Crippen LogP contribution in [0.15, 0.2) is 91.0 Å². The second-order valence-corrected chi connectivity index (χ2v) is 8.15. The Labute approximate surface area is 170 Å². The number of rotatable bonds is 8. The first-order chi connectivity index (χ1) is 14.0. The lowest BCUT2D eigenvalue weighted by Gasteiger charge is -2.20. The molecule has 2 amide bonds. The number of amides is 2. The van der Waals surface area contributed by atoms with E-state index in [1.165, 1.54) is 0 Å². The topological polar surface area (TPSA) is 84.5 Å². The first-order valence-corrected chi connectivity index (χ1v) is 10.8. The van der Waals surface area contributed by atoms with Crippen LogP contribution >= 0.6 is 0 Å². The molecule has 0 aromatic heterocycles. The van der Waals surface area contributed by atoms with Crippen LogP contribution in [0.1, 0.15) is 17.2 Å². The molecule has 0 aliphatic rings. The highest BCUT2D eigenvalue weighted by atomic mass is 32.2. The summed E-state index contributed by atoms with van der Waals surface area (Å²) in [5, 5.41) is 2.74. The van der Waals surface area contributed by atoms with E-state index in [9.17, 15) is 13.2 Å². The zero-order chi connectivity index (χ0) is 20.5. The Hall–Kier alpha value is -3.32. The number of ether oxygens (including phenoxy) is 1.